The molecule has 0 radical (unpaired) electrons. The second-order valence-corrected chi connectivity index (χ2v) is 16.0. The Labute approximate surface area is 270 Å². The maximum atomic E-state index is 16.8. The molecule has 0 aromatic heterocycles. The molecule has 44 heavy (non-hydrogen) atoms. The van der Waals surface area contributed by atoms with E-state index in [1.54, 1.807) is 0 Å². The van der Waals surface area contributed by atoms with Crippen molar-refractivity contribution >= 4 is 5.71 Å². The number of rotatable bonds is 9. The summed E-state index contributed by atoms with van der Waals surface area (Å²) >= 11 is 0. The van der Waals surface area contributed by atoms with Crippen molar-refractivity contribution in [3.63, 3.8) is 0 Å². The van der Waals surface area contributed by atoms with Crippen LogP contribution in [0.4, 0.5) is 4.39 Å². The van der Waals surface area contributed by atoms with Crippen molar-refractivity contribution in [3.8, 4) is 0 Å². The van der Waals surface area contributed by atoms with Crippen molar-refractivity contribution in [2.45, 2.75) is 156 Å². The number of halogens is 1. The Morgan fingerprint density at radius 1 is 0.750 bits per heavy atom. The molecule has 0 aromatic carbocycles. The van der Waals surface area contributed by atoms with Crippen molar-refractivity contribution in [1.82, 2.24) is 4.90 Å². The highest BCUT2D eigenvalue weighted by molar-refractivity contribution is 5.97. The third-order valence-corrected chi connectivity index (χ3v) is 14.0. The van der Waals surface area contributed by atoms with Gasteiger partial charge in [0.1, 0.15) is 12.4 Å². The van der Waals surface area contributed by atoms with Gasteiger partial charge in [0.25, 0.3) is 0 Å². The van der Waals surface area contributed by atoms with Crippen LogP contribution in [0.2, 0.25) is 0 Å². The number of likely N-dealkylation sites (tertiary alicyclic amines) is 1. The highest BCUT2D eigenvalue weighted by Crippen LogP contribution is 2.56. The van der Waals surface area contributed by atoms with E-state index in [1.807, 2.05) is 0 Å². The highest BCUT2D eigenvalue weighted by Gasteiger charge is 2.56. The molecule has 0 spiro atoms. The normalized spacial score (nSPS) is 40.9. The molecule has 0 amide bonds. The minimum absolute atomic E-state index is 0.113. The molecule has 2 nitrogen and oxygen atoms in total. The summed E-state index contributed by atoms with van der Waals surface area (Å²) in [6.07, 6.45) is 29.6. The van der Waals surface area contributed by atoms with E-state index >= 15 is 4.39 Å². The molecule has 2 heterocycles. The molecule has 8 atom stereocenters. The van der Waals surface area contributed by atoms with Gasteiger partial charge >= 0.3 is 0 Å². The molecule has 244 valence electrons. The predicted molar refractivity (Wildman–Crippen MR) is 185 cm³/mol. The second-order valence-electron chi connectivity index (χ2n) is 16.0. The van der Waals surface area contributed by atoms with Gasteiger partial charge in [-0.05, 0) is 106 Å². The van der Waals surface area contributed by atoms with Gasteiger partial charge in [-0.3, -0.25) is 0 Å². The molecule has 4 fully saturated rings. The Morgan fingerprint density at radius 2 is 1.41 bits per heavy atom. The summed E-state index contributed by atoms with van der Waals surface area (Å²) in [5.41, 5.74) is 5.45. The van der Waals surface area contributed by atoms with E-state index in [-0.39, 0.29) is 16.7 Å². The van der Waals surface area contributed by atoms with Gasteiger partial charge in [0.15, 0.2) is 11.8 Å². The number of hydrogen-bond donors (Lipinski definition) is 0. The van der Waals surface area contributed by atoms with Crippen LogP contribution in [0.15, 0.2) is 47.0 Å². The zero-order chi connectivity index (χ0) is 31.1. The fourth-order valence-corrected chi connectivity index (χ4v) is 11.5. The summed E-state index contributed by atoms with van der Waals surface area (Å²) in [7, 11) is 0. The molecule has 8 unspecified atom stereocenters. The Hall–Kier alpha value is -1.64. The molecule has 6 rings (SSSR count). The van der Waals surface area contributed by atoms with Crippen LogP contribution in [0, 0.1) is 34.5 Å². The van der Waals surface area contributed by atoms with E-state index in [2.05, 4.69) is 75.3 Å². The van der Waals surface area contributed by atoms with Crippen LogP contribution in [-0.4, -0.2) is 40.4 Å². The van der Waals surface area contributed by atoms with E-state index in [0.717, 1.165) is 48.9 Å². The van der Waals surface area contributed by atoms with Crippen molar-refractivity contribution in [2.24, 2.45) is 34.5 Å². The SMILES string of the molecule is CCCN1/C(=C/C=C2C(F)=C(/C=C/C3=[N+](CCC)C4CCCCC4C3(C)CC)C3CCCCC/23)C(C)(CC)C2CCCCC21. The summed E-state index contributed by atoms with van der Waals surface area (Å²) < 4.78 is 19.6. The average Bonchev–Trinajstić information content (AvgIpc) is 3.56. The molecule has 0 aromatic rings. The summed E-state index contributed by atoms with van der Waals surface area (Å²) in [6.45, 7) is 16.7. The van der Waals surface area contributed by atoms with Crippen LogP contribution >= 0.6 is 0 Å². The third-order valence-electron chi connectivity index (χ3n) is 14.0. The molecule has 0 N–H and O–H groups in total. The van der Waals surface area contributed by atoms with Crippen molar-refractivity contribution in [2.75, 3.05) is 13.1 Å². The smallest absolute Gasteiger partial charge is 0.182 e. The molecular formula is C41H64FN2+. The van der Waals surface area contributed by atoms with Crippen molar-refractivity contribution < 1.29 is 8.97 Å². The highest BCUT2D eigenvalue weighted by atomic mass is 19.1. The van der Waals surface area contributed by atoms with Crippen molar-refractivity contribution in [1.29, 1.82) is 0 Å². The van der Waals surface area contributed by atoms with Gasteiger partial charge in [-0.25, -0.2) is 8.97 Å². The maximum absolute atomic E-state index is 16.8. The summed E-state index contributed by atoms with van der Waals surface area (Å²) in [4.78, 5) is 2.77. The van der Waals surface area contributed by atoms with Gasteiger partial charge in [0.05, 0.1) is 5.41 Å². The molecule has 6 aliphatic rings. The van der Waals surface area contributed by atoms with E-state index in [1.165, 1.54) is 101 Å². The number of nitrogens with zero attached hydrogens (tertiary/aromatic N) is 2. The quantitative estimate of drug-likeness (QED) is 0.238. The number of fused-ring (bicyclic) bond motifs is 3. The third kappa shape index (κ3) is 5.23. The first-order chi connectivity index (χ1) is 21.3. The maximum Gasteiger partial charge on any atom is 0.182 e. The van der Waals surface area contributed by atoms with Gasteiger partial charge in [-0.1, -0.05) is 72.8 Å². The first-order valence-corrected chi connectivity index (χ1v) is 19.2. The standard InChI is InChI=1S/C41H64FN2/c1-7-27-43-35-21-15-13-19-33(35)40(5,9-3)37(43)25-23-31-29-17-11-12-18-30(29)32(39(31)42)24-26-38-41(6,10-4)34-20-14-16-22-36(34)44(38)28-8-2/h23-26,29-30,33-36H,7-22,27-28H2,1-6H3/q+1. The average molecular weight is 604 g/mol. The lowest BCUT2D eigenvalue weighted by Gasteiger charge is -2.35. The lowest BCUT2D eigenvalue weighted by molar-refractivity contribution is -0.566. The zero-order valence-corrected chi connectivity index (χ0v) is 29.3. The molecule has 3 saturated carbocycles. The lowest BCUT2D eigenvalue weighted by Crippen LogP contribution is -2.36. The molecule has 2 aliphatic heterocycles. The van der Waals surface area contributed by atoms with E-state index in [4.69, 9.17) is 0 Å². The molecule has 1 saturated heterocycles. The van der Waals surface area contributed by atoms with E-state index < -0.39 is 0 Å². The fraction of sp³-hybridized carbons (Fsp3) is 0.780. The monoisotopic (exact) mass is 604 g/mol. The first-order valence-electron chi connectivity index (χ1n) is 19.2. The van der Waals surface area contributed by atoms with Gasteiger partial charge < -0.3 is 4.90 Å². The summed E-state index contributed by atoms with van der Waals surface area (Å²) in [6, 6.07) is 1.35. The van der Waals surface area contributed by atoms with Gasteiger partial charge in [0, 0.05) is 48.5 Å². The van der Waals surface area contributed by atoms with Crippen LogP contribution in [0.3, 0.4) is 0 Å². The van der Waals surface area contributed by atoms with Crippen LogP contribution in [0.25, 0.3) is 0 Å². The van der Waals surface area contributed by atoms with Gasteiger partial charge in [-0.15, -0.1) is 0 Å². The Balaban J connectivity index is 1.39. The fourth-order valence-electron chi connectivity index (χ4n) is 11.5. The summed E-state index contributed by atoms with van der Waals surface area (Å²) in [5, 5.41) is 0. The van der Waals surface area contributed by atoms with E-state index in [0.29, 0.717) is 23.9 Å². The van der Waals surface area contributed by atoms with Crippen LogP contribution < -0.4 is 0 Å². The van der Waals surface area contributed by atoms with Crippen LogP contribution in [0.5, 0.6) is 0 Å². The molecule has 3 heteroatoms. The largest absolute Gasteiger partial charge is 0.371 e. The Bertz CT molecular complexity index is 1220. The van der Waals surface area contributed by atoms with Gasteiger partial charge in [0.2, 0.25) is 0 Å². The van der Waals surface area contributed by atoms with Crippen molar-refractivity contribution in [3.05, 3.63) is 47.0 Å². The lowest BCUT2D eigenvalue weighted by atomic mass is 9.66. The molecule has 4 aliphatic carbocycles. The minimum atomic E-state index is 0.113. The van der Waals surface area contributed by atoms with E-state index in [9.17, 15) is 0 Å². The first kappa shape index (κ1) is 32.3. The minimum Gasteiger partial charge on any atom is -0.371 e. The zero-order valence-electron chi connectivity index (χ0n) is 29.3. The Morgan fingerprint density at radius 3 is 2.11 bits per heavy atom. The number of allylic oxidation sites excluding steroid dienone is 8. The van der Waals surface area contributed by atoms with Crippen LogP contribution in [0.1, 0.15) is 144 Å². The number of hydrogen-bond acceptors (Lipinski definition) is 1. The predicted octanol–water partition coefficient (Wildman–Crippen LogP) is 10.9. The molecule has 0 bridgehead atoms. The topological polar surface area (TPSA) is 6.25 Å². The van der Waals surface area contributed by atoms with Gasteiger partial charge in [-0.2, -0.15) is 0 Å². The Kier molecular flexibility index (Phi) is 9.71. The molecular weight excluding hydrogens is 539 g/mol. The van der Waals surface area contributed by atoms with Crippen LogP contribution in [-0.2, 0) is 0 Å². The second kappa shape index (κ2) is 13.2. The summed E-state index contributed by atoms with van der Waals surface area (Å²) in [5.74, 6) is 2.29.